The van der Waals surface area contributed by atoms with Crippen LogP contribution in [0.25, 0.3) is 0 Å². The third kappa shape index (κ3) is 2.37. The minimum atomic E-state index is -0.807. The van der Waals surface area contributed by atoms with Gasteiger partial charge in [0.2, 0.25) is 0 Å². The molecule has 0 heterocycles. The molecule has 1 unspecified atom stereocenters. The van der Waals surface area contributed by atoms with Gasteiger partial charge in [-0.25, -0.2) is 0 Å². The van der Waals surface area contributed by atoms with Gasteiger partial charge >= 0.3 is 0 Å². The fourth-order valence-corrected chi connectivity index (χ4v) is 2.86. The van der Waals surface area contributed by atoms with E-state index in [1.165, 1.54) is 0 Å². The summed E-state index contributed by atoms with van der Waals surface area (Å²) in [7, 11) is 0. The topological polar surface area (TPSA) is 66.5 Å². The van der Waals surface area contributed by atoms with Gasteiger partial charge in [-0.3, -0.25) is 0 Å². The van der Waals surface area contributed by atoms with Gasteiger partial charge in [0.1, 0.15) is 0 Å². The molecule has 1 saturated carbocycles. The summed E-state index contributed by atoms with van der Waals surface area (Å²) >= 11 is 0. The van der Waals surface area contributed by atoms with Crippen molar-refractivity contribution in [3.8, 4) is 0 Å². The number of nitrogens with two attached hydrogens (primary N) is 1. The first-order valence-electron chi connectivity index (χ1n) is 6.33. The molecule has 1 fully saturated rings. The Labute approximate surface area is 102 Å². The van der Waals surface area contributed by atoms with Gasteiger partial charge in [-0.15, -0.1) is 0 Å². The number of hydrogen-bond donors (Lipinski definition) is 3. The second-order valence-electron chi connectivity index (χ2n) is 4.96. The largest absolute Gasteiger partial charge is 0.392 e. The highest BCUT2D eigenvalue weighted by Gasteiger charge is 2.39. The Morgan fingerprint density at radius 1 is 1.35 bits per heavy atom. The first-order chi connectivity index (χ1) is 8.20. The zero-order valence-corrected chi connectivity index (χ0v) is 10.1. The van der Waals surface area contributed by atoms with Gasteiger partial charge in [-0.05, 0) is 30.5 Å². The van der Waals surface area contributed by atoms with E-state index in [1.807, 2.05) is 24.3 Å². The summed E-state index contributed by atoms with van der Waals surface area (Å²) in [5, 5.41) is 20.0. The summed E-state index contributed by atoms with van der Waals surface area (Å²) < 4.78 is 0. The second-order valence-corrected chi connectivity index (χ2v) is 4.96. The van der Waals surface area contributed by atoms with Crippen LogP contribution in [-0.4, -0.2) is 16.8 Å². The first kappa shape index (κ1) is 12.6. The van der Waals surface area contributed by atoms with E-state index in [1.54, 1.807) is 0 Å². The summed E-state index contributed by atoms with van der Waals surface area (Å²) in [4.78, 5) is 0. The van der Waals surface area contributed by atoms with Gasteiger partial charge in [0, 0.05) is 5.92 Å². The molecule has 3 heteroatoms. The molecule has 4 N–H and O–H groups in total. The molecule has 94 valence electrons. The fraction of sp³-hybridized carbons (Fsp3) is 0.571. The van der Waals surface area contributed by atoms with Gasteiger partial charge < -0.3 is 15.9 Å². The molecule has 0 aromatic heterocycles. The molecular weight excluding hydrogens is 214 g/mol. The van der Waals surface area contributed by atoms with Crippen molar-refractivity contribution in [2.45, 2.75) is 37.9 Å². The van der Waals surface area contributed by atoms with Gasteiger partial charge in [0.05, 0.1) is 12.2 Å². The third-order valence-corrected chi connectivity index (χ3v) is 3.93. The molecule has 0 radical (unpaired) electrons. The highest BCUT2D eigenvalue weighted by molar-refractivity contribution is 5.29. The molecule has 0 saturated heterocycles. The van der Waals surface area contributed by atoms with Crippen LogP contribution in [0, 0.1) is 5.92 Å². The van der Waals surface area contributed by atoms with E-state index in [0.717, 1.165) is 36.8 Å². The van der Waals surface area contributed by atoms with E-state index in [0.29, 0.717) is 6.54 Å². The van der Waals surface area contributed by atoms with E-state index >= 15 is 0 Å². The molecule has 2 atom stereocenters. The van der Waals surface area contributed by atoms with Crippen LogP contribution in [0.2, 0.25) is 0 Å². The Balaban J connectivity index is 2.33. The van der Waals surface area contributed by atoms with Gasteiger partial charge in [0.15, 0.2) is 0 Å². The van der Waals surface area contributed by atoms with Crippen LogP contribution < -0.4 is 5.73 Å². The number of hydrogen-bond acceptors (Lipinski definition) is 3. The maximum Gasteiger partial charge on any atom is 0.0936 e. The van der Waals surface area contributed by atoms with Gasteiger partial charge in [-0.1, -0.05) is 37.1 Å². The van der Waals surface area contributed by atoms with E-state index < -0.39 is 5.60 Å². The summed E-state index contributed by atoms with van der Waals surface area (Å²) in [6.07, 6.45) is 3.93. The number of rotatable bonds is 3. The molecule has 3 nitrogen and oxygen atoms in total. The second kappa shape index (κ2) is 5.17. The molecule has 1 aliphatic rings. The predicted octanol–water partition coefficient (Wildman–Crippen LogP) is 1.52. The predicted molar refractivity (Wildman–Crippen MR) is 67.3 cm³/mol. The van der Waals surface area contributed by atoms with Gasteiger partial charge in [0.25, 0.3) is 0 Å². The minimum Gasteiger partial charge on any atom is -0.392 e. The molecule has 0 aliphatic heterocycles. The van der Waals surface area contributed by atoms with Crippen molar-refractivity contribution in [3.63, 3.8) is 0 Å². The Hall–Kier alpha value is -0.900. The number of benzene rings is 1. The number of aliphatic hydroxyl groups excluding tert-OH is 1. The zero-order chi connectivity index (χ0) is 12.3. The lowest BCUT2D eigenvalue weighted by atomic mass is 9.71. The lowest BCUT2D eigenvalue weighted by molar-refractivity contribution is -0.0507. The molecule has 1 aromatic rings. The van der Waals surface area contributed by atoms with Crippen molar-refractivity contribution in [2.24, 2.45) is 11.7 Å². The number of aliphatic hydroxyl groups is 2. The summed E-state index contributed by atoms with van der Waals surface area (Å²) in [6.45, 7) is 0.525. The van der Waals surface area contributed by atoms with Gasteiger partial charge in [-0.2, -0.15) is 0 Å². The molecule has 17 heavy (non-hydrogen) atoms. The van der Waals surface area contributed by atoms with E-state index in [2.05, 4.69) is 0 Å². The highest BCUT2D eigenvalue weighted by Crippen LogP contribution is 2.41. The van der Waals surface area contributed by atoms with Crippen LogP contribution in [0.4, 0.5) is 0 Å². The van der Waals surface area contributed by atoms with Crippen LogP contribution in [-0.2, 0) is 12.2 Å². The van der Waals surface area contributed by atoms with Crippen molar-refractivity contribution in [2.75, 3.05) is 6.54 Å². The average molecular weight is 235 g/mol. The molecule has 0 amide bonds. The van der Waals surface area contributed by atoms with Crippen molar-refractivity contribution in [1.82, 2.24) is 0 Å². The van der Waals surface area contributed by atoms with Crippen molar-refractivity contribution in [3.05, 3.63) is 35.4 Å². The first-order valence-corrected chi connectivity index (χ1v) is 6.33. The van der Waals surface area contributed by atoms with E-state index in [-0.39, 0.29) is 12.5 Å². The molecule has 2 rings (SSSR count). The standard InChI is InChI=1S/C14H21NO2/c15-9-13-5-1-2-7-14(13,17)12-6-3-4-11(8-12)10-16/h3-4,6,8,13,16-17H,1-2,5,7,9-10,15H2/t13-,14?/m1/s1. The zero-order valence-electron chi connectivity index (χ0n) is 10.1. The van der Waals surface area contributed by atoms with Crippen molar-refractivity contribution in [1.29, 1.82) is 0 Å². The van der Waals surface area contributed by atoms with E-state index in [9.17, 15) is 5.11 Å². The third-order valence-electron chi connectivity index (χ3n) is 3.93. The van der Waals surface area contributed by atoms with Crippen LogP contribution in [0.15, 0.2) is 24.3 Å². The van der Waals surface area contributed by atoms with Crippen LogP contribution in [0.3, 0.4) is 0 Å². The normalized spacial score (nSPS) is 29.2. The average Bonchev–Trinajstić information content (AvgIpc) is 2.39. The van der Waals surface area contributed by atoms with Crippen LogP contribution in [0.1, 0.15) is 36.8 Å². The Bertz CT molecular complexity index is 380. The van der Waals surface area contributed by atoms with Crippen LogP contribution in [0.5, 0.6) is 0 Å². The molecule has 1 aromatic carbocycles. The summed E-state index contributed by atoms with van der Waals surface area (Å²) in [5.74, 6) is 0.130. The fourth-order valence-electron chi connectivity index (χ4n) is 2.86. The minimum absolute atomic E-state index is 0.0111. The molecule has 1 aliphatic carbocycles. The summed E-state index contributed by atoms with van der Waals surface area (Å²) in [5.41, 5.74) is 6.72. The Morgan fingerprint density at radius 3 is 2.88 bits per heavy atom. The SMILES string of the molecule is NC[C@H]1CCCCC1(O)c1cccc(CO)c1. The monoisotopic (exact) mass is 235 g/mol. The van der Waals surface area contributed by atoms with Crippen LogP contribution >= 0.6 is 0 Å². The lowest BCUT2D eigenvalue weighted by Crippen LogP contribution is -2.41. The Kier molecular flexibility index (Phi) is 3.82. The maximum atomic E-state index is 10.9. The van der Waals surface area contributed by atoms with E-state index in [4.69, 9.17) is 10.8 Å². The highest BCUT2D eigenvalue weighted by atomic mass is 16.3. The molecule has 0 spiro atoms. The smallest absolute Gasteiger partial charge is 0.0936 e. The maximum absolute atomic E-state index is 10.9. The summed E-state index contributed by atoms with van der Waals surface area (Å²) in [6, 6.07) is 7.59. The van der Waals surface area contributed by atoms with Crippen molar-refractivity contribution >= 4 is 0 Å². The lowest BCUT2D eigenvalue weighted by Gasteiger charge is -2.40. The molecule has 0 bridgehead atoms. The molecular formula is C14H21NO2. The van der Waals surface area contributed by atoms with Crippen molar-refractivity contribution < 1.29 is 10.2 Å². The Morgan fingerprint density at radius 2 is 2.18 bits per heavy atom. The quantitative estimate of drug-likeness (QED) is 0.744.